The third kappa shape index (κ3) is 5.07. The molecule has 0 spiro atoms. The fraction of sp³-hybridized carbons (Fsp3) is 1.00. The number of hydrogen-bond acceptors (Lipinski definition) is 15. The molecule has 0 aromatic heterocycles. The molecule has 0 saturated carbocycles. The first kappa shape index (κ1) is 26.0. The van der Waals surface area contributed by atoms with Crippen molar-refractivity contribution >= 4 is 0 Å². The number of ether oxygens (including phenoxy) is 5. The molecule has 0 unspecified atom stereocenters. The summed E-state index contributed by atoms with van der Waals surface area (Å²) in [7, 11) is 0. The summed E-state index contributed by atoms with van der Waals surface area (Å²) in [4.78, 5) is 0. The van der Waals surface area contributed by atoms with Crippen LogP contribution >= 0.6 is 0 Å². The van der Waals surface area contributed by atoms with Gasteiger partial charge in [-0.2, -0.15) is 0 Å². The molecule has 0 bridgehead atoms. The van der Waals surface area contributed by atoms with Crippen molar-refractivity contribution < 1.29 is 74.7 Å². The van der Waals surface area contributed by atoms with Crippen LogP contribution in [0.4, 0.5) is 0 Å². The first-order valence-electron chi connectivity index (χ1n) is 10.00. The van der Waals surface area contributed by atoms with Crippen molar-refractivity contribution in [1.82, 2.24) is 0 Å². The lowest BCUT2D eigenvalue weighted by Gasteiger charge is -2.45. The Morgan fingerprint density at radius 3 is 1.66 bits per heavy atom. The summed E-state index contributed by atoms with van der Waals surface area (Å²) in [6.45, 7) is -1.83. The predicted octanol–water partition coefficient (Wildman–Crippen LogP) is -6.93. The van der Waals surface area contributed by atoms with E-state index in [0.29, 0.717) is 0 Å². The van der Waals surface area contributed by atoms with Crippen LogP contribution in [0.25, 0.3) is 0 Å². The smallest absolute Gasteiger partial charge is 0.187 e. The molecule has 3 saturated heterocycles. The molecule has 15 heteroatoms. The third-order valence-corrected chi connectivity index (χ3v) is 5.72. The normalized spacial score (nSPS) is 52.3. The standard InChI is InChI=1S/C17H30O15/c18-1-4-7(20)10(23)12(25)17(31-4)32-14-9(22)6(29-15(27)13(14)26)3-28-16-11(24)8(21)5(2-19)30-16/h4-27H,1-3H2/t4-,5+,6-,7+,8+,9+,10+,11-,12-,13-,14+,15+,16-,17+/m1/s1. The van der Waals surface area contributed by atoms with Gasteiger partial charge >= 0.3 is 0 Å². The molecule has 15 nitrogen and oxygen atoms in total. The maximum absolute atomic E-state index is 10.6. The Kier molecular flexibility index (Phi) is 8.75. The van der Waals surface area contributed by atoms with Gasteiger partial charge in [0.05, 0.1) is 19.8 Å². The van der Waals surface area contributed by atoms with Crippen molar-refractivity contribution in [3.63, 3.8) is 0 Å². The van der Waals surface area contributed by atoms with E-state index in [1.807, 2.05) is 0 Å². The van der Waals surface area contributed by atoms with Gasteiger partial charge in [-0.15, -0.1) is 0 Å². The van der Waals surface area contributed by atoms with Gasteiger partial charge in [0.15, 0.2) is 18.9 Å². The van der Waals surface area contributed by atoms with E-state index in [1.165, 1.54) is 0 Å². The quantitative estimate of drug-likeness (QED) is 0.165. The Morgan fingerprint density at radius 2 is 1.06 bits per heavy atom. The Morgan fingerprint density at radius 1 is 0.531 bits per heavy atom. The lowest BCUT2D eigenvalue weighted by Crippen LogP contribution is -2.64. The minimum atomic E-state index is -1.88. The molecule has 0 amide bonds. The molecule has 3 rings (SSSR count). The second kappa shape index (κ2) is 10.8. The van der Waals surface area contributed by atoms with Crippen LogP contribution in [-0.4, -0.2) is 157 Å². The summed E-state index contributed by atoms with van der Waals surface area (Å²) in [5.41, 5.74) is 0. The summed E-state index contributed by atoms with van der Waals surface area (Å²) >= 11 is 0. The molecule has 3 heterocycles. The highest BCUT2D eigenvalue weighted by atomic mass is 16.7. The largest absolute Gasteiger partial charge is 0.394 e. The summed E-state index contributed by atoms with van der Waals surface area (Å²) < 4.78 is 26.0. The first-order chi connectivity index (χ1) is 15.1. The monoisotopic (exact) mass is 474 g/mol. The van der Waals surface area contributed by atoms with Gasteiger partial charge in [-0.05, 0) is 0 Å². The topological polar surface area (TPSA) is 248 Å². The van der Waals surface area contributed by atoms with Crippen LogP contribution in [0.1, 0.15) is 0 Å². The highest BCUT2D eigenvalue weighted by Crippen LogP contribution is 2.29. The van der Waals surface area contributed by atoms with Gasteiger partial charge in [0.2, 0.25) is 0 Å². The van der Waals surface area contributed by atoms with Crippen LogP contribution in [0.3, 0.4) is 0 Å². The molecule has 0 radical (unpaired) electrons. The molecular weight excluding hydrogens is 444 g/mol. The van der Waals surface area contributed by atoms with Crippen LogP contribution in [-0.2, 0) is 23.7 Å². The van der Waals surface area contributed by atoms with E-state index in [9.17, 15) is 46.0 Å². The van der Waals surface area contributed by atoms with E-state index in [2.05, 4.69) is 0 Å². The molecule has 10 N–H and O–H groups in total. The second-order valence-electron chi connectivity index (χ2n) is 7.88. The van der Waals surface area contributed by atoms with Crippen molar-refractivity contribution in [3.8, 4) is 0 Å². The molecule has 14 atom stereocenters. The molecule has 32 heavy (non-hydrogen) atoms. The molecule has 3 aliphatic rings. The zero-order valence-electron chi connectivity index (χ0n) is 16.7. The molecule has 188 valence electrons. The average Bonchev–Trinajstić information content (AvgIpc) is 3.05. The Hall–Kier alpha value is -0.600. The van der Waals surface area contributed by atoms with E-state index in [4.69, 9.17) is 28.8 Å². The molecule has 3 aliphatic heterocycles. The van der Waals surface area contributed by atoms with Gasteiger partial charge in [0.25, 0.3) is 0 Å². The lowest BCUT2D eigenvalue weighted by molar-refractivity contribution is -0.358. The van der Waals surface area contributed by atoms with E-state index < -0.39 is 106 Å². The van der Waals surface area contributed by atoms with Crippen molar-refractivity contribution in [1.29, 1.82) is 0 Å². The number of aliphatic hydroxyl groups excluding tert-OH is 10. The predicted molar refractivity (Wildman–Crippen MR) is 95.2 cm³/mol. The van der Waals surface area contributed by atoms with Gasteiger partial charge in [-0.1, -0.05) is 0 Å². The van der Waals surface area contributed by atoms with E-state index in [-0.39, 0.29) is 0 Å². The average molecular weight is 474 g/mol. The second-order valence-corrected chi connectivity index (χ2v) is 7.88. The van der Waals surface area contributed by atoms with Crippen molar-refractivity contribution in [2.45, 2.75) is 86.0 Å². The molecular formula is C17H30O15. The lowest BCUT2D eigenvalue weighted by atomic mass is 9.97. The SMILES string of the molecule is OC[C@@H]1O[C@@H](OC[C@H]2O[C@H](O)[C@H](O)[C@@H](O[C@@H]3O[C@H](CO)[C@H](O)[C@H](O)[C@H]3O)[C@H]2O)[C@H](O)[C@H]1O. The Labute approximate surface area is 181 Å². The fourth-order valence-electron chi connectivity index (χ4n) is 3.74. The maximum Gasteiger partial charge on any atom is 0.187 e. The summed E-state index contributed by atoms with van der Waals surface area (Å²) in [6.07, 6.45) is -22.1. The van der Waals surface area contributed by atoms with Gasteiger partial charge in [-0.25, -0.2) is 0 Å². The van der Waals surface area contributed by atoms with Crippen molar-refractivity contribution in [3.05, 3.63) is 0 Å². The van der Waals surface area contributed by atoms with Crippen molar-refractivity contribution in [2.24, 2.45) is 0 Å². The molecule has 3 fully saturated rings. The zero-order valence-corrected chi connectivity index (χ0v) is 16.7. The van der Waals surface area contributed by atoms with Crippen LogP contribution in [0.5, 0.6) is 0 Å². The van der Waals surface area contributed by atoms with Crippen LogP contribution in [0.15, 0.2) is 0 Å². The summed E-state index contributed by atoms with van der Waals surface area (Å²) in [6, 6.07) is 0. The highest BCUT2D eigenvalue weighted by molar-refractivity contribution is 4.94. The Bertz CT molecular complexity index is 594. The Balaban J connectivity index is 1.64. The van der Waals surface area contributed by atoms with Gasteiger partial charge in [0.1, 0.15) is 67.1 Å². The van der Waals surface area contributed by atoms with Gasteiger partial charge < -0.3 is 74.7 Å². The molecule has 0 aromatic carbocycles. The molecule has 0 aliphatic carbocycles. The number of hydrogen-bond donors (Lipinski definition) is 10. The number of rotatable bonds is 7. The van der Waals surface area contributed by atoms with Crippen LogP contribution in [0.2, 0.25) is 0 Å². The fourth-order valence-corrected chi connectivity index (χ4v) is 3.74. The van der Waals surface area contributed by atoms with Gasteiger partial charge in [0, 0.05) is 0 Å². The van der Waals surface area contributed by atoms with E-state index in [0.717, 1.165) is 0 Å². The summed E-state index contributed by atoms with van der Waals surface area (Å²) in [5.74, 6) is 0. The third-order valence-electron chi connectivity index (χ3n) is 5.72. The highest BCUT2D eigenvalue weighted by Gasteiger charge is 2.51. The first-order valence-corrected chi connectivity index (χ1v) is 10.00. The zero-order chi connectivity index (χ0) is 23.7. The van der Waals surface area contributed by atoms with Gasteiger partial charge in [-0.3, -0.25) is 0 Å². The summed E-state index contributed by atoms with van der Waals surface area (Å²) in [5, 5.41) is 98.5. The van der Waals surface area contributed by atoms with Crippen LogP contribution < -0.4 is 0 Å². The molecule has 0 aromatic rings. The van der Waals surface area contributed by atoms with E-state index >= 15 is 0 Å². The van der Waals surface area contributed by atoms with Crippen molar-refractivity contribution in [2.75, 3.05) is 19.8 Å². The van der Waals surface area contributed by atoms with Crippen LogP contribution in [0, 0.1) is 0 Å². The minimum absolute atomic E-state index is 0.522. The van der Waals surface area contributed by atoms with E-state index in [1.54, 1.807) is 0 Å². The minimum Gasteiger partial charge on any atom is -0.394 e. The number of aliphatic hydroxyl groups is 10. The maximum atomic E-state index is 10.6.